The van der Waals surface area contributed by atoms with Crippen molar-refractivity contribution in [2.24, 2.45) is 17.8 Å². The molecule has 2 aliphatic rings. The Labute approximate surface area is 163 Å². The van der Waals surface area contributed by atoms with Gasteiger partial charge in [0.05, 0.1) is 0 Å². The summed E-state index contributed by atoms with van der Waals surface area (Å²) < 4.78 is 26.6. The first-order chi connectivity index (χ1) is 13.2. The summed E-state index contributed by atoms with van der Waals surface area (Å²) in [6, 6.07) is 4.19. The fraction of sp³-hybridized carbons (Fsp3) is 0.600. The van der Waals surface area contributed by atoms with E-state index in [2.05, 4.69) is 25.2 Å². The molecule has 0 N–H and O–H groups in total. The first-order valence-corrected chi connectivity index (χ1v) is 11.0. The Morgan fingerprint density at radius 3 is 2.37 bits per heavy atom. The summed E-state index contributed by atoms with van der Waals surface area (Å²) in [6.07, 6.45) is 21.5. The van der Waals surface area contributed by atoms with Gasteiger partial charge in [0.15, 0.2) is 11.6 Å². The van der Waals surface area contributed by atoms with Gasteiger partial charge in [-0.2, -0.15) is 0 Å². The normalized spacial score (nSPS) is 25.4. The van der Waals surface area contributed by atoms with Crippen molar-refractivity contribution < 1.29 is 8.78 Å². The molecule has 0 bridgehead atoms. The molecule has 1 fully saturated rings. The van der Waals surface area contributed by atoms with E-state index in [4.69, 9.17) is 0 Å². The van der Waals surface area contributed by atoms with E-state index >= 15 is 0 Å². The van der Waals surface area contributed by atoms with E-state index in [0.717, 1.165) is 29.4 Å². The molecular formula is C25H34F2. The van der Waals surface area contributed by atoms with E-state index in [1.54, 1.807) is 6.07 Å². The Morgan fingerprint density at radius 1 is 0.926 bits per heavy atom. The van der Waals surface area contributed by atoms with Crippen molar-refractivity contribution in [3.05, 3.63) is 53.6 Å². The summed E-state index contributed by atoms with van der Waals surface area (Å²) in [5, 5.41) is 0. The molecule has 1 atom stereocenters. The van der Waals surface area contributed by atoms with Gasteiger partial charge in [-0.1, -0.05) is 82.6 Å². The molecule has 0 nitrogen and oxygen atoms in total. The SMILES string of the molecule is CCCCCCCC1CCC(C2C=CC(c3ccc(F)c(F)c3)=CC2)CC1. The highest BCUT2D eigenvalue weighted by atomic mass is 19.2. The lowest BCUT2D eigenvalue weighted by Crippen LogP contribution is -2.21. The summed E-state index contributed by atoms with van der Waals surface area (Å²) in [5.74, 6) is 0.810. The van der Waals surface area contributed by atoms with Gasteiger partial charge in [-0.3, -0.25) is 0 Å². The number of hydrogen-bond donors (Lipinski definition) is 0. The minimum atomic E-state index is -0.779. The van der Waals surface area contributed by atoms with Crippen LogP contribution in [0.1, 0.15) is 83.1 Å². The Balaban J connectivity index is 1.42. The molecule has 3 rings (SSSR count). The Hall–Kier alpha value is -1.44. The molecule has 0 saturated heterocycles. The molecule has 148 valence electrons. The number of hydrogen-bond acceptors (Lipinski definition) is 0. The molecular weight excluding hydrogens is 338 g/mol. The zero-order valence-corrected chi connectivity index (χ0v) is 16.7. The monoisotopic (exact) mass is 372 g/mol. The van der Waals surface area contributed by atoms with Gasteiger partial charge < -0.3 is 0 Å². The van der Waals surface area contributed by atoms with E-state index in [-0.39, 0.29) is 0 Å². The van der Waals surface area contributed by atoms with E-state index in [1.807, 2.05) is 0 Å². The van der Waals surface area contributed by atoms with Crippen LogP contribution in [-0.2, 0) is 0 Å². The van der Waals surface area contributed by atoms with Gasteiger partial charge in [-0.15, -0.1) is 0 Å². The highest BCUT2D eigenvalue weighted by Gasteiger charge is 2.26. The highest BCUT2D eigenvalue weighted by molar-refractivity contribution is 5.74. The van der Waals surface area contributed by atoms with Crippen LogP contribution in [0.15, 0.2) is 36.4 Å². The molecule has 0 aliphatic heterocycles. The van der Waals surface area contributed by atoms with E-state index in [1.165, 1.54) is 76.3 Å². The minimum absolute atomic E-state index is 0.615. The van der Waals surface area contributed by atoms with Crippen molar-refractivity contribution in [1.82, 2.24) is 0 Å². The molecule has 0 heterocycles. The number of halogens is 2. The van der Waals surface area contributed by atoms with E-state index in [9.17, 15) is 8.78 Å². The fourth-order valence-electron chi connectivity index (χ4n) is 4.82. The van der Waals surface area contributed by atoms with Crippen molar-refractivity contribution in [2.45, 2.75) is 77.6 Å². The van der Waals surface area contributed by atoms with Crippen molar-refractivity contribution in [1.29, 1.82) is 0 Å². The van der Waals surface area contributed by atoms with Crippen molar-refractivity contribution in [3.8, 4) is 0 Å². The molecule has 1 aromatic rings. The highest BCUT2D eigenvalue weighted by Crippen LogP contribution is 2.39. The zero-order chi connectivity index (χ0) is 19.1. The summed E-state index contributed by atoms with van der Waals surface area (Å²) in [5.41, 5.74) is 1.79. The van der Waals surface area contributed by atoms with Crippen molar-refractivity contribution in [2.75, 3.05) is 0 Å². The number of rotatable bonds is 8. The average molecular weight is 373 g/mol. The Bertz CT molecular complexity index is 650. The molecule has 2 aliphatic carbocycles. The molecule has 0 radical (unpaired) electrons. The van der Waals surface area contributed by atoms with Gasteiger partial charge in [-0.25, -0.2) is 8.78 Å². The summed E-state index contributed by atoms with van der Waals surface area (Å²) in [6.45, 7) is 2.27. The fourth-order valence-corrected chi connectivity index (χ4v) is 4.82. The van der Waals surface area contributed by atoms with Gasteiger partial charge >= 0.3 is 0 Å². The Kier molecular flexibility index (Phi) is 7.67. The second kappa shape index (κ2) is 10.2. The lowest BCUT2D eigenvalue weighted by Gasteiger charge is -2.33. The molecule has 1 unspecified atom stereocenters. The molecule has 27 heavy (non-hydrogen) atoms. The number of benzene rings is 1. The largest absolute Gasteiger partial charge is 0.204 e. The van der Waals surface area contributed by atoms with Crippen LogP contribution >= 0.6 is 0 Å². The molecule has 0 amide bonds. The average Bonchev–Trinajstić information content (AvgIpc) is 2.71. The van der Waals surface area contributed by atoms with Crippen LogP contribution < -0.4 is 0 Å². The second-order valence-corrected chi connectivity index (χ2v) is 8.53. The number of allylic oxidation sites excluding steroid dienone is 4. The third-order valence-corrected chi connectivity index (χ3v) is 6.60. The maximum atomic E-state index is 13.5. The van der Waals surface area contributed by atoms with Crippen LogP contribution in [0.4, 0.5) is 8.78 Å². The lowest BCUT2D eigenvalue weighted by molar-refractivity contribution is 0.218. The summed E-state index contributed by atoms with van der Waals surface area (Å²) >= 11 is 0. The minimum Gasteiger partial charge on any atom is -0.204 e. The van der Waals surface area contributed by atoms with Crippen LogP contribution in [0.25, 0.3) is 5.57 Å². The van der Waals surface area contributed by atoms with Crippen LogP contribution in [-0.4, -0.2) is 0 Å². The van der Waals surface area contributed by atoms with Gasteiger partial charge in [0.1, 0.15) is 0 Å². The predicted molar refractivity (Wildman–Crippen MR) is 110 cm³/mol. The van der Waals surface area contributed by atoms with Gasteiger partial charge in [0, 0.05) is 0 Å². The van der Waals surface area contributed by atoms with E-state index < -0.39 is 11.6 Å². The van der Waals surface area contributed by atoms with Gasteiger partial charge in [0.25, 0.3) is 0 Å². The standard InChI is InChI=1S/C25H34F2/c1-2-3-4-5-6-7-19-8-10-20(11-9-19)21-12-14-22(15-13-21)23-16-17-24(26)25(27)18-23/h12,14-21H,2-11,13H2,1H3. The quantitative estimate of drug-likeness (QED) is 0.404. The Morgan fingerprint density at radius 2 is 1.70 bits per heavy atom. The van der Waals surface area contributed by atoms with Crippen molar-refractivity contribution in [3.63, 3.8) is 0 Å². The molecule has 1 saturated carbocycles. The molecule has 0 aromatic heterocycles. The maximum Gasteiger partial charge on any atom is 0.159 e. The van der Waals surface area contributed by atoms with Crippen LogP contribution in [0.2, 0.25) is 0 Å². The lowest BCUT2D eigenvalue weighted by atomic mass is 9.72. The van der Waals surface area contributed by atoms with Crippen LogP contribution in [0, 0.1) is 29.4 Å². The maximum absolute atomic E-state index is 13.5. The second-order valence-electron chi connectivity index (χ2n) is 8.53. The van der Waals surface area contributed by atoms with Crippen molar-refractivity contribution >= 4 is 5.57 Å². The third-order valence-electron chi connectivity index (χ3n) is 6.60. The smallest absolute Gasteiger partial charge is 0.159 e. The third kappa shape index (κ3) is 5.77. The number of unbranched alkanes of at least 4 members (excludes halogenated alkanes) is 4. The first kappa shape index (κ1) is 20.3. The molecule has 1 aromatic carbocycles. The topological polar surface area (TPSA) is 0 Å². The first-order valence-electron chi connectivity index (χ1n) is 11.0. The summed E-state index contributed by atoms with van der Waals surface area (Å²) in [7, 11) is 0. The predicted octanol–water partition coefficient (Wildman–Crippen LogP) is 8.09. The molecule has 0 spiro atoms. The van der Waals surface area contributed by atoms with E-state index in [0.29, 0.717) is 5.92 Å². The summed E-state index contributed by atoms with van der Waals surface area (Å²) in [4.78, 5) is 0. The van der Waals surface area contributed by atoms with Crippen LogP contribution in [0.3, 0.4) is 0 Å². The van der Waals surface area contributed by atoms with Gasteiger partial charge in [0.2, 0.25) is 0 Å². The van der Waals surface area contributed by atoms with Crippen LogP contribution in [0.5, 0.6) is 0 Å². The molecule has 2 heteroatoms. The van der Waals surface area contributed by atoms with Gasteiger partial charge in [-0.05, 0) is 60.3 Å². The zero-order valence-electron chi connectivity index (χ0n) is 16.7.